The SMILES string of the molecule is Cn1ccc(=O)n(-c2cccc3c(CCC(=O)O)cccc23)c1=O. The predicted octanol–water partition coefficient (Wildman–Crippen LogP) is 1.71. The Balaban J connectivity index is 2.27. The minimum Gasteiger partial charge on any atom is -0.481 e. The van der Waals surface area contributed by atoms with Gasteiger partial charge in [0.05, 0.1) is 5.69 Å². The average molecular weight is 324 g/mol. The van der Waals surface area contributed by atoms with Crippen LogP contribution >= 0.6 is 0 Å². The molecule has 0 aliphatic heterocycles. The van der Waals surface area contributed by atoms with Gasteiger partial charge in [-0.3, -0.25) is 9.59 Å². The van der Waals surface area contributed by atoms with E-state index in [9.17, 15) is 14.4 Å². The van der Waals surface area contributed by atoms with Gasteiger partial charge in [-0.2, -0.15) is 0 Å². The number of nitrogens with zero attached hydrogens (tertiary/aromatic N) is 2. The quantitative estimate of drug-likeness (QED) is 0.792. The summed E-state index contributed by atoms with van der Waals surface area (Å²) < 4.78 is 2.47. The van der Waals surface area contributed by atoms with E-state index in [0.29, 0.717) is 12.1 Å². The first-order valence-electron chi connectivity index (χ1n) is 7.50. The van der Waals surface area contributed by atoms with E-state index >= 15 is 0 Å². The Kier molecular flexibility index (Phi) is 4.04. The molecule has 0 atom stereocenters. The highest BCUT2D eigenvalue weighted by Gasteiger charge is 2.11. The molecule has 0 unspecified atom stereocenters. The van der Waals surface area contributed by atoms with Crippen LogP contribution in [0, 0.1) is 0 Å². The fourth-order valence-electron chi connectivity index (χ4n) is 2.80. The van der Waals surface area contributed by atoms with Crippen molar-refractivity contribution in [1.29, 1.82) is 0 Å². The lowest BCUT2D eigenvalue weighted by Gasteiger charge is -2.12. The third-order valence-corrected chi connectivity index (χ3v) is 3.99. The van der Waals surface area contributed by atoms with Crippen molar-refractivity contribution in [3.8, 4) is 5.69 Å². The van der Waals surface area contributed by atoms with E-state index in [1.54, 1.807) is 19.2 Å². The third kappa shape index (κ3) is 2.74. The standard InChI is InChI=1S/C18H16N2O4/c1-19-11-10-16(21)20(18(19)24)15-7-3-5-13-12(8-9-17(22)23)4-2-6-14(13)15/h2-7,10-11H,8-9H2,1H3,(H,22,23). The topological polar surface area (TPSA) is 81.3 Å². The largest absolute Gasteiger partial charge is 0.481 e. The molecule has 0 saturated carbocycles. The summed E-state index contributed by atoms with van der Waals surface area (Å²) in [5.41, 5.74) is 0.543. The average Bonchev–Trinajstić information content (AvgIpc) is 2.57. The van der Waals surface area contributed by atoms with Gasteiger partial charge in [0.25, 0.3) is 5.56 Å². The maximum Gasteiger partial charge on any atom is 0.335 e. The molecule has 3 rings (SSSR count). The highest BCUT2D eigenvalue weighted by atomic mass is 16.4. The van der Waals surface area contributed by atoms with Crippen LogP contribution in [0.4, 0.5) is 0 Å². The van der Waals surface area contributed by atoms with Crippen molar-refractivity contribution in [3.63, 3.8) is 0 Å². The number of fused-ring (bicyclic) bond motifs is 1. The molecule has 1 aromatic heterocycles. The van der Waals surface area contributed by atoms with E-state index < -0.39 is 17.2 Å². The molecule has 0 radical (unpaired) electrons. The fourth-order valence-corrected chi connectivity index (χ4v) is 2.80. The zero-order chi connectivity index (χ0) is 17.3. The number of carbonyl (C=O) groups is 1. The molecule has 1 N–H and O–H groups in total. The first kappa shape index (κ1) is 15.7. The first-order valence-corrected chi connectivity index (χ1v) is 7.50. The summed E-state index contributed by atoms with van der Waals surface area (Å²) in [6.45, 7) is 0. The monoisotopic (exact) mass is 324 g/mol. The minimum absolute atomic E-state index is 0.0242. The Morgan fingerprint density at radius 3 is 2.50 bits per heavy atom. The van der Waals surface area contributed by atoms with Crippen LogP contribution in [0.25, 0.3) is 16.5 Å². The van der Waals surface area contributed by atoms with E-state index in [4.69, 9.17) is 5.11 Å². The van der Waals surface area contributed by atoms with E-state index in [1.807, 2.05) is 24.3 Å². The molecule has 1 heterocycles. The highest BCUT2D eigenvalue weighted by Crippen LogP contribution is 2.24. The van der Waals surface area contributed by atoms with Crippen LogP contribution in [0.3, 0.4) is 0 Å². The lowest BCUT2D eigenvalue weighted by molar-refractivity contribution is -0.136. The van der Waals surface area contributed by atoms with Gasteiger partial charge in [0.15, 0.2) is 0 Å². The number of rotatable bonds is 4. The zero-order valence-electron chi connectivity index (χ0n) is 13.1. The molecule has 24 heavy (non-hydrogen) atoms. The summed E-state index contributed by atoms with van der Waals surface area (Å²) >= 11 is 0. The molecule has 6 heteroatoms. The summed E-state index contributed by atoms with van der Waals surface area (Å²) in [5, 5.41) is 10.5. The summed E-state index contributed by atoms with van der Waals surface area (Å²) in [6, 6.07) is 12.2. The van der Waals surface area contributed by atoms with Gasteiger partial charge >= 0.3 is 11.7 Å². The second-order valence-electron chi connectivity index (χ2n) is 5.57. The van der Waals surface area contributed by atoms with Crippen molar-refractivity contribution in [2.45, 2.75) is 12.8 Å². The molecule has 0 bridgehead atoms. The zero-order valence-corrected chi connectivity index (χ0v) is 13.1. The van der Waals surface area contributed by atoms with Gasteiger partial charge in [-0.25, -0.2) is 9.36 Å². The number of aromatic nitrogens is 2. The molecule has 0 spiro atoms. The Morgan fingerprint density at radius 1 is 1.04 bits per heavy atom. The first-order chi connectivity index (χ1) is 11.5. The number of aryl methyl sites for hydroxylation is 2. The summed E-state index contributed by atoms with van der Waals surface area (Å²) in [5.74, 6) is -0.865. The maximum absolute atomic E-state index is 12.4. The van der Waals surface area contributed by atoms with Gasteiger partial charge in [0.1, 0.15) is 0 Å². The maximum atomic E-state index is 12.4. The van der Waals surface area contributed by atoms with Crippen molar-refractivity contribution < 1.29 is 9.90 Å². The molecular formula is C18H16N2O4. The van der Waals surface area contributed by atoms with Gasteiger partial charge in [-0.15, -0.1) is 0 Å². The molecule has 3 aromatic rings. The molecule has 0 saturated heterocycles. The summed E-state index contributed by atoms with van der Waals surface area (Å²) in [6.07, 6.45) is 1.85. The predicted molar refractivity (Wildman–Crippen MR) is 90.7 cm³/mol. The van der Waals surface area contributed by atoms with Crippen LogP contribution in [0.1, 0.15) is 12.0 Å². The lowest BCUT2D eigenvalue weighted by Crippen LogP contribution is -2.36. The van der Waals surface area contributed by atoms with Gasteiger partial charge in [0, 0.05) is 31.1 Å². The van der Waals surface area contributed by atoms with Crippen molar-refractivity contribution in [3.05, 3.63) is 75.1 Å². The molecule has 0 amide bonds. The minimum atomic E-state index is -0.865. The third-order valence-electron chi connectivity index (χ3n) is 3.99. The van der Waals surface area contributed by atoms with Crippen LogP contribution in [-0.2, 0) is 18.3 Å². The highest BCUT2D eigenvalue weighted by molar-refractivity contribution is 5.92. The van der Waals surface area contributed by atoms with Crippen molar-refractivity contribution in [2.75, 3.05) is 0 Å². The van der Waals surface area contributed by atoms with Gasteiger partial charge < -0.3 is 9.67 Å². The number of aliphatic carboxylic acids is 1. The van der Waals surface area contributed by atoms with Crippen LogP contribution in [0.5, 0.6) is 0 Å². The number of benzene rings is 2. The smallest absolute Gasteiger partial charge is 0.335 e. The summed E-state index contributed by atoms with van der Waals surface area (Å²) in [4.78, 5) is 35.4. The van der Waals surface area contributed by atoms with E-state index in [0.717, 1.165) is 20.9 Å². The van der Waals surface area contributed by atoms with Crippen LogP contribution in [0.2, 0.25) is 0 Å². The van der Waals surface area contributed by atoms with Crippen molar-refractivity contribution in [1.82, 2.24) is 9.13 Å². The van der Waals surface area contributed by atoms with E-state index in [-0.39, 0.29) is 6.42 Å². The van der Waals surface area contributed by atoms with Crippen LogP contribution in [0.15, 0.2) is 58.3 Å². The van der Waals surface area contributed by atoms with Crippen molar-refractivity contribution >= 4 is 16.7 Å². The normalized spacial score (nSPS) is 10.9. The van der Waals surface area contributed by atoms with Gasteiger partial charge in [-0.1, -0.05) is 30.3 Å². The summed E-state index contributed by atoms with van der Waals surface area (Å²) in [7, 11) is 1.59. The molecular weight excluding hydrogens is 308 g/mol. The van der Waals surface area contributed by atoms with Gasteiger partial charge in [0.2, 0.25) is 0 Å². The molecule has 2 aromatic carbocycles. The van der Waals surface area contributed by atoms with Gasteiger partial charge in [-0.05, 0) is 23.4 Å². The lowest BCUT2D eigenvalue weighted by atomic mass is 9.99. The fraction of sp³-hybridized carbons (Fsp3) is 0.167. The molecule has 6 nitrogen and oxygen atoms in total. The van der Waals surface area contributed by atoms with Crippen LogP contribution < -0.4 is 11.2 Å². The number of hydrogen-bond acceptors (Lipinski definition) is 3. The molecule has 0 aliphatic rings. The second kappa shape index (κ2) is 6.16. The van der Waals surface area contributed by atoms with E-state index in [2.05, 4.69) is 0 Å². The Bertz CT molecular complexity index is 1050. The van der Waals surface area contributed by atoms with E-state index in [1.165, 1.54) is 16.8 Å². The van der Waals surface area contributed by atoms with Crippen LogP contribution in [-0.4, -0.2) is 20.2 Å². The number of carboxylic acids is 1. The van der Waals surface area contributed by atoms with Crippen molar-refractivity contribution in [2.24, 2.45) is 7.05 Å². The molecule has 0 aliphatic carbocycles. The molecule has 122 valence electrons. The number of carboxylic acid groups (broad SMARTS) is 1. The molecule has 0 fully saturated rings. The second-order valence-corrected chi connectivity index (χ2v) is 5.57. The Hall–Kier alpha value is -3.15. The Labute approximate surface area is 137 Å². The Morgan fingerprint density at radius 2 is 1.75 bits per heavy atom. The number of hydrogen-bond donors (Lipinski definition) is 1.